The van der Waals surface area contributed by atoms with E-state index in [2.05, 4.69) is 5.43 Å². The lowest BCUT2D eigenvalue weighted by atomic mass is 10.0. The van der Waals surface area contributed by atoms with Gasteiger partial charge >= 0.3 is 6.18 Å². The first kappa shape index (κ1) is 18.5. The minimum absolute atomic E-state index is 0.0264. The summed E-state index contributed by atoms with van der Waals surface area (Å²) in [6, 6.07) is 8.14. The molecule has 1 heterocycles. The second-order valence-corrected chi connectivity index (χ2v) is 6.90. The second-order valence-electron chi connectivity index (χ2n) is 6.90. The highest BCUT2D eigenvalue weighted by atomic mass is 19.4. The number of fused-ring (bicyclic) bond motifs is 1. The molecule has 2 aromatic rings. The quantitative estimate of drug-likeness (QED) is 0.862. The molecule has 0 saturated carbocycles. The highest BCUT2D eigenvalue weighted by Gasteiger charge is 2.46. The number of ether oxygens (including phenoxy) is 1. The van der Waals surface area contributed by atoms with E-state index in [9.17, 15) is 18.0 Å². The van der Waals surface area contributed by atoms with E-state index in [4.69, 9.17) is 4.74 Å². The normalized spacial score (nSPS) is 16.9. The number of nitrogens with one attached hydrogen (secondary N) is 1. The molecule has 2 aromatic carbocycles. The molecule has 1 amide bonds. The van der Waals surface area contributed by atoms with Crippen LogP contribution in [0, 0.1) is 5.92 Å². The zero-order valence-electron chi connectivity index (χ0n) is 14.6. The van der Waals surface area contributed by atoms with Gasteiger partial charge in [0.25, 0.3) is 0 Å². The average Bonchev–Trinajstić information content (AvgIpc) is 2.97. The number of benzene rings is 2. The lowest BCUT2D eigenvalue weighted by Crippen LogP contribution is -2.43. The zero-order valence-corrected chi connectivity index (χ0v) is 14.6. The summed E-state index contributed by atoms with van der Waals surface area (Å²) in [7, 11) is 0. The van der Waals surface area contributed by atoms with Gasteiger partial charge in [-0.2, -0.15) is 13.2 Å². The van der Waals surface area contributed by atoms with Crippen LogP contribution >= 0.6 is 0 Å². The summed E-state index contributed by atoms with van der Waals surface area (Å²) < 4.78 is 46.6. The molecule has 1 fully saturated rings. The highest BCUT2D eigenvalue weighted by molar-refractivity contribution is 5.84. The summed E-state index contributed by atoms with van der Waals surface area (Å²) in [5.41, 5.74) is 2.39. The molecule has 140 valence electrons. The number of hydrogen-bond donors (Lipinski definition) is 1. The van der Waals surface area contributed by atoms with Gasteiger partial charge in [-0.05, 0) is 40.5 Å². The van der Waals surface area contributed by atoms with Crippen LogP contribution in [-0.4, -0.2) is 30.2 Å². The first-order valence-electron chi connectivity index (χ1n) is 8.53. The molecule has 1 aliphatic heterocycles. The molecule has 0 aliphatic carbocycles. The van der Waals surface area contributed by atoms with E-state index in [1.807, 2.05) is 26.0 Å². The number of hydrazine groups is 1. The van der Waals surface area contributed by atoms with Gasteiger partial charge in [0.15, 0.2) is 0 Å². The number of halogens is 3. The Kier molecular flexibility index (Phi) is 5.09. The van der Waals surface area contributed by atoms with Gasteiger partial charge in [-0.15, -0.1) is 0 Å². The highest BCUT2D eigenvalue weighted by Crippen LogP contribution is 2.39. The van der Waals surface area contributed by atoms with Gasteiger partial charge in [0.05, 0.1) is 6.61 Å². The lowest BCUT2D eigenvalue weighted by Gasteiger charge is -2.29. The van der Waals surface area contributed by atoms with Gasteiger partial charge in [-0.25, -0.2) is 5.01 Å². The minimum Gasteiger partial charge on any atom is -0.493 e. The van der Waals surface area contributed by atoms with Crippen molar-refractivity contribution >= 4 is 16.7 Å². The fourth-order valence-corrected chi connectivity index (χ4v) is 3.00. The number of carbonyl (C=O) groups excluding carboxylic acids is 1. The lowest BCUT2D eigenvalue weighted by molar-refractivity contribution is -0.191. The van der Waals surface area contributed by atoms with Gasteiger partial charge in [0.1, 0.15) is 11.8 Å². The molecule has 0 bridgehead atoms. The summed E-state index contributed by atoms with van der Waals surface area (Å²) in [5.74, 6) is 0.580. The van der Waals surface area contributed by atoms with E-state index in [-0.39, 0.29) is 18.5 Å². The van der Waals surface area contributed by atoms with E-state index in [1.165, 1.54) is 12.1 Å². The standard InChI is InChI=1S/C19H21F3N2O2/c1-12(2)11-26-16-6-5-13-3-4-14(9-15(13)10-16)18(19(20,21)22)24-8-7-17(25)23-24/h3-6,9-10,12,18H,7-8,11H2,1-2H3,(H,23,25)/t18-/m0/s1. The van der Waals surface area contributed by atoms with Crippen LogP contribution in [-0.2, 0) is 4.79 Å². The Morgan fingerprint density at radius 3 is 2.50 bits per heavy atom. The second kappa shape index (κ2) is 7.15. The van der Waals surface area contributed by atoms with Crippen LogP contribution in [0.1, 0.15) is 31.9 Å². The summed E-state index contributed by atoms with van der Waals surface area (Å²) in [6.07, 6.45) is -4.44. The van der Waals surface area contributed by atoms with Gasteiger partial charge in [-0.3, -0.25) is 10.2 Å². The largest absolute Gasteiger partial charge is 0.493 e. The maximum atomic E-state index is 13.7. The predicted octanol–water partition coefficient (Wildman–Crippen LogP) is 4.21. The third-order valence-electron chi connectivity index (χ3n) is 4.20. The van der Waals surface area contributed by atoms with E-state index in [0.29, 0.717) is 23.7 Å². The van der Waals surface area contributed by atoms with E-state index in [1.54, 1.807) is 12.1 Å². The van der Waals surface area contributed by atoms with Crippen molar-refractivity contribution in [2.75, 3.05) is 13.2 Å². The van der Waals surface area contributed by atoms with E-state index < -0.39 is 18.1 Å². The van der Waals surface area contributed by atoms with Crippen molar-refractivity contribution in [2.24, 2.45) is 5.92 Å². The molecule has 0 spiro atoms. The van der Waals surface area contributed by atoms with Crippen LogP contribution in [0.5, 0.6) is 5.75 Å². The van der Waals surface area contributed by atoms with Gasteiger partial charge in [0.2, 0.25) is 5.91 Å². The van der Waals surface area contributed by atoms with Crippen LogP contribution in [0.3, 0.4) is 0 Å². The molecule has 7 heteroatoms. The number of amides is 1. The molecule has 0 aromatic heterocycles. The molecule has 0 radical (unpaired) electrons. The van der Waals surface area contributed by atoms with Crippen molar-refractivity contribution in [3.05, 3.63) is 42.0 Å². The SMILES string of the molecule is CC(C)COc1ccc2ccc([C@H](N3CCC(=O)N3)C(F)(F)F)cc2c1. The molecular weight excluding hydrogens is 345 g/mol. The number of rotatable bonds is 5. The molecule has 1 atom stereocenters. The summed E-state index contributed by atoms with van der Waals surface area (Å²) in [4.78, 5) is 11.4. The third-order valence-corrected chi connectivity index (χ3v) is 4.20. The van der Waals surface area contributed by atoms with Crippen molar-refractivity contribution in [1.82, 2.24) is 10.4 Å². The Morgan fingerprint density at radius 2 is 1.88 bits per heavy atom. The maximum Gasteiger partial charge on any atom is 0.409 e. The molecule has 1 aliphatic rings. The average molecular weight is 366 g/mol. The van der Waals surface area contributed by atoms with Gasteiger partial charge < -0.3 is 4.74 Å². The van der Waals surface area contributed by atoms with Crippen LogP contribution < -0.4 is 10.2 Å². The molecular formula is C19H21F3N2O2. The van der Waals surface area contributed by atoms with Gasteiger partial charge in [-0.1, -0.05) is 32.0 Å². The molecule has 3 rings (SSSR count). The van der Waals surface area contributed by atoms with Crippen LogP contribution in [0.15, 0.2) is 36.4 Å². The van der Waals surface area contributed by atoms with Crippen molar-refractivity contribution in [2.45, 2.75) is 32.5 Å². The number of nitrogens with zero attached hydrogens (tertiary/aromatic N) is 1. The Bertz CT molecular complexity index is 805. The Hall–Kier alpha value is -2.28. The molecule has 1 N–H and O–H groups in total. The van der Waals surface area contributed by atoms with Crippen LogP contribution in [0.25, 0.3) is 10.8 Å². The fourth-order valence-electron chi connectivity index (χ4n) is 3.00. The summed E-state index contributed by atoms with van der Waals surface area (Å²) >= 11 is 0. The first-order valence-corrected chi connectivity index (χ1v) is 8.53. The smallest absolute Gasteiger partial charge is 0.409 e. The van der Waals surface area contributed by atoms with E-state index >= 15 is 0 Å². The summed E-state index contributed by atoms with van der Waals surface area (Å²) in [5, 5.41) is 2.46. The zero-order chi connectivity index (χ0) is 18.9. The molecule has 26 heavy (non-hydrogen) atoms. The fraction of sp³-hybridized carbons (Fsp3) is 0.421. The van der Waals surface area contributed by atoms with Crippen molar-refractivity contribution < 1.29 is 22.7 Å². The van der Waals surface area contributed by atoms with Gasteiger partial charge in [0, 0.05) is 13.0 Å². The predicted molar refractivity (Wildman–Crippen MR) is 92.5 cm³/mol. The first-order chi connectivity index (χ1) is 12.2. The monoisotopic (exact) mass is 366 g/mol. The number of alkyl halides is 3. The van der Waals surface area contributed by atoms with Crippen LogP contribution in [0.2, 0.25) is 0 Å². The Morgan fingerprint density at radius 1 is 1.15 bits per heavy atom. The summed E-state index contributed by atoms with van der Waals surface area (Å²) in [6.45, 7) is 4.61. The minimum atomic E-state index is -4.50. The molecule has 4 nitrogen and oxygen atoms in total. The third kappa shape index (κ3) is 4.09. The maximum absolute atomic E-state index is 13.7. The van der Waals surface area contributed by atoms with Crippen molar-refractivity contribution in [3.63, 3.8) is 0 Å². The molecule has 0 unspecified atom stereocenters. The topological polar surface area (TPSA) is 41.6 Å². The molecule has 1 saturated heterocycles. The Labute approximate surface area is 149 Å². The van der Waals surface area contributed by atoms with E-state index in [0.717, 1.165) is 10.4 Å². The van der Waals surface area contributed by atoms with Crippen molar-refractivity contribution in [3.8, 4) is 5.75 Å². The van der Waals surface area contributed by atoms with Crippen molar-refractivity contribution in [1.29, 1.82) is 0 Å². The number of hydrogen-bond acceptors (Lipinski definition) is 3. The number of carbonyl (C=O) groups is 1. The van der Waals surface area contributed by atoms with Crippen LogP contribution in [0.4, 0.5) is 13.2 Å². The Balaban J connectivity index is 1.95.